The highest BCUT2D eigenvalue weighted by molar-refractivity contribution is 7.45. The van der Waals surface area contributed by atoms with Gasteiger partial charge in [-0.1, -0.05) is 4.57 Å². The summed E-state index contributed by atoms with van der Waals surface area (Å²) in [5.41, 5.74) is -0.273. The summed E-state index contributed by atoms with van der Waals surface area (Å²) in [6.45, 7) is 1.28. The van der Waals surface area contributed by atoms with Crippen molar-refractivity contribution in [1.29, 1.82) is 0 Å². The SMILES string of the molecule is CC(=O)[PH+]=O. The molecule has 5 heavy (non-hydrogen) atoms. The second-order valence-corrected chi connectivity index (χ2v) is 1.57. The average molecular weight is 91.0 g/mol. The monoisotopic (exact) mass is 91.0 g/mol. The van der Waals surface area contributed by atoms with Crippen LogP contribution in [0, 0.1) is 0 Å². The first-order chi connectivity index (χ1) is 2.27. The second-order valence-electron chi connectivity index (χ2n) is 0.658. The van der Waals surface area contributed by atoms with E-state index in [-0.39, 0.29) is 5.52 Å². The molecule has 0 saturated heterocycles. The summed E-state index contributed by atoms with van der Waals surface area (Å²) < 4.78 is 9.31. The van der Waals surface area contributed by atoms with Crippen LogP contribution in [0.3, 0.4) is 0 Å². The third kappa shape index (κ3) is 3.77. The van der Waals surface area contributed by atoms with Crippen LogP contribution in [0.1, 0.15) is 6.92 Å². The van der Waals surface area contributed by atoms with E-state index in [1.54, 1.807) is 0 Å². The van der Waals surface area contributed by atoms with Gasteiger partial charge in [0.05, 0.1) is 0 Å². The molecule has 0 N–H and O–H groups in total. The summed E-state index contributed by atoms with van der Waals surface area (Å²) in [5.74, 6) is 0. The highest BCUT2D eigenvalue weighted by Gasteiger charge is 1.92. The summed E-state index contributed by atoms with van der Waals surface area (Å²) in [5, 5.41) is 0. The maximum atomic E-state index is 9.51. The number of carbonyl (C=O) groups excluding carboxylic acids is 1. The largest absolute Gasteiger partial charge is 0.400 e. The van der Waals surface area contributed by atoms with E-state index in [0.717, 1.165) is 0 Å². The Kier molecular flexibility index (Phi) is 1.94. The van der Waals surface area contributed by atoms with E-state index in [1.807, 2.05) is 0 Å². The normalized spacial score (nSPS) is 8.20. The Morgan fingerprint density at radius 3 is 2.00 bits per heavy atom. The first-order valence-corrected chi connectivity index (χ1v) is 2.07. The van der Waals surface area contributed by atoms with Gasteiger partial charge in [-0.25, -0.2) is 4.79 Å². The Bertz CT molecular complexity index is 58.7. The lowest BCUT2D eigenvalue weighted by Crippen LogP contribution is -1.64. The van der Waals surface area contributed by atoms with Gasteiger partial charge in [0.15, 0.2) is 0 Å². The molecule has 1 atom stereocenters. The first kappa shape index (κ1) is 4.77. The number of rotatable bonds is 1. The predicted molar refractivity (Wildman–Crippen MR) is 19.7 cm³/mol. The lowest BCUT2D eigenvalue weighted by Gasteiger charge is -1.43. The van der Waals surface area contributed by atoms with Gasteiger partial charge >= 0.3 is 14.0 Å². The van der Waals surface area contributed by atoms with E-state index in [9.17, 15) is 9.36 Å². The van der Waals surface area contributed by atoms with Gasteiger partial charge in [0.1, 0.15) is 0 Å². The Hall–Kier alpha value is -0.230. The molecule has 0 aromatic heterocycles. The topological polar surface area (TPSA) is 34.1 Å². The molecule has 0 heterocycles. The van der Waals surface area contributed by atoms with Crippen LogP contribution in [-0.2, 0) is 9.36 Å². The Morgan fingerprint density at radius 1 is 1.80 bits per heavy atom. The van der Waals surface area contributed by atoms with Crippen LogP contribution in [0.25, 0.3) is 0 Å². The third-order valence-electron chi connectivity index (χ3n) is 0.144. The molecule has 0 aliphatic rings. The van der Waals surface area contributed by atoms with Crippen molar-refractivity contribution in [2.75, 3.05) is 0 Å². The summed E-state index contributed by atoms with van der Waals surface area (Å²) in [7, 11) is -0.775. The fourth-order valence-corrected chi connectivity index (χ4v) is 0. The van der Waals surface area contributed by atoms with Crippen LogP contribution in [0.4, 0.5) is 0 Å². The summed E-state index contributed by atoms with van der Waals surface area (Å²) in [6, 6.07) is 0. The summed E-state index contributed by atoms with van der Waals surface area (Å²) in [6.07, 6.45) is 0. The lowest BCUT2D eigenvalue weighted by atomic mass is 10.9. The van der Waals surface area contributed by atoms with Crippen molar-refractivity contribution in [3.8, 4) is 0 Å². The van der Waals surface area contributed by atoms with Crippen molar-refractivity contribution in [3.63, 3.8) is 0 Å². The van der Waals surface area contributed by atoms with Gasteiger partial charge in [0.2, 0.25) is 0 Å². The molecule has 0 saturated carbocycles. The summed E-state index contributed by atoms with van der Waals surface area (Å²) >= 11 is 0. The second kappa shape index (κ2) is 2.04. The maximum Gasteiger partial charge on any atom is 0.400 e. The van der Waals surface area contributed by atoms with E-state index in [4.69, 9.17) is 0 Å². The van der Waals surface area contributed by atoms with Crippen LogP contribution < -0.4 is 0 Å². The highest BCUT2D eigenvalue weighted by atomic mass is 31.1. The quantitative estimate of drug-likeness (QED) is 0.442. The van der Waals surface area contributed by atoms with Crippen molar-refractivity contribution in [3.05, 3.63) is 0 Å². The molecule has 0 radical (unpaired) electrons. The molecule has 1 unspecified atom stereocenters. The molecular weight excluding hydrogens is 87.0 g/mol. The summed E-state index contributed by atoms with van der Waals surface area (Å²) in [4.78, 5) is 9.51. The third-order valence-corrected chi connectivity index (χ3v) is 0.431. The Balaban J connectivity index is 3.20. The van der Waals surface area contributed by atoms with E-state index < -0.39 is 8.46 Å². The Morgan fingerprint density at radius 2 is 2.00 bits per heavy atom. The van der Waals surface area contributed by atoms with Crippen molar-refractivity contribution in [2.24, 2.45) is 0 Å². The zero-order valence-corrected chi connectivity index (χ0v) is 3.82. The molecule has 0 aromatic rings. The molecule has 28 valence electrons. The first-order valence-electron chi connectivity index (χ1n) is 1.16. The molecule has 0 spiro atoms. The fourth-order valence-electron chi connectivity index (χ4n) is 0. The number of carbonyl (C=O) groups is 1. The maximum absolute atomic E-state index is 9.51. The molecule has 0 aliphatic carbocycles. The van der Waals surface area contributed by atoms with Crippen molar-refractivity contribution in [1.82, 2.24) is 0 Å². The molecule has 0 amide bonds. The lowest BCUT2D eigenvalue weighted by molar-refractivity contribution is -0.109. The minimum Gasteiger partial charge on any atom is -0.241 e. The zero-order chi connectivity index (χ0) is 4.28. The molecule has 0 bridgehead atoms. The van der Waals surface area contributed by atoms with Crippen LogP contribution in [-0.4, -0.2) is 5.52 Å². The van der Waals surface area contributed by atoms with Gasteiger partial charge in [0, 0.05) is 6.92 Å². The van der Waals surface area contributed by atoms with Crippen LogP contribution in [0.2, 0.25) is 0 Å². The van der Waals surface area contributed by atoms with Gasteiger partial charge in [-0.3, -0.25) is 0 Å². The molecule has 3 heteroatoms. The number of hydrogen-bond donors (Lipinski definition) is 0. The highest BCUT2D eigenvalue weighted by Crippen LogP contribution is 1.87. The molecular formula is C2H4O2P+. The minimum atomic E-state index is -0.775. The fraction of sp³-hybridized carbons (Fsp3) is 0.500. The molecule has 0 aromatic carbocycles. The molecule has 0 aliphatic heterocycles. The van der Waals surface area contributed by atoms with Crippen LogP contribution in [0.15, 0.2) is 0 Å². The zero-order valence-electron chi connectivity index (χ0n) is 2.82. The molecule has 0 rings (SSSR count). The smallest absolute Gasteiger partial charge is 0.241 e. The van der Waals surface area contributed by atoms with Gasteiger partial charge in [-0.15, -0.1) is 0 Å². The van der Waals surface area contributed by atoms with Gasteiger partial charge in [0.25, 0.3) is 0 Å². The van der Waals surface area contributed by atoms with Crippen LogP contribution >= 0.6 is 8.46 Å². The Labute approximate surface area is 31.4 Å². The predicted octanol–water partition coefficient (Wildman–Crippen LogP) is 0.557. The average Bonchev–Trinajstić information content (AvgIpc) is 1.38. The van der Waals surface area contributed by atoms with E-state index in [0.29, 0.717) is 0 Å². The van der Waals surface area contributed by atoms with Gasteiger partial charge < -0.3 is 0 Å². The molecule has 2 nitrogen and oxygen atoms in total. The van der Waals surface area contributed by atoms with Crippen molar-refractivity contribution in [2.45, 2.75) is 6.92 Å². The van der Waals surface area contributed by atoms with E-state index >= 15 is 0 Å². The van der Waals surface area contributed by atoms with Crippen molar-refractivity contribution < 1.29 is 9.36 Å². The van der Waals surface area contributed by atoms with E-state index in [2.05, 4.69) is 0 Å². The minimum absolute atomic E-state index is 0.273. The van der Waals surface area contributed by atoms with Crippen molar-refractivity contribution >= 4 is 14.0 Å². The molecule has 0 fully saturated rings. The van der Waals surface area contributed by atoms with Gasteiger partial charge in [-0.2, -0.15) is 0 Å². The van der Waals surface area contributed by atoms with Gasteiger partial charge in [-0.05, 0) is 0 Å². The van der Waals surface area contributed by atoms with Crippen LogP contribution in [0.5, 0.6) is 0 Å². The number of hydrogen-bond acceptors (Lipinski definition) is 2. The van der Waals surface area contributed by atoms with E-state index in [1.165, 1.54) is 6.92 Å². The standard InChI is InChI=1S/C2H3O2P/c1-2(3)5-4/h1H3/p+1.